The van der Waals surface area contributed by atoms with Gasteiger partial charge in [-0.2, -0.15) is 4.98 Å². The second-order valence-corrected chi connectivity index (χ2v) is 7.19. The van der Waals surface area contributed by atoms with Gasteiger partial charge in [0.15, 0.2) is 0 Å². The highest BCUT2D eigenvalue weighted by Gasteiger charge is 2.27. The van der Waals surface area contributed by atoms with E-state index in [1.54, 1.807) is 26.4 Å². The molecule has 0 atom stereocenters. The van der Waals surface area contributed by atoms with Crippen LogP contribution in [0.4, 0.5) is 8.78 Å². The fraction of sp³-hybridized carbons (Fsp3) is 0.333. The molecule has 30 heavy (non-hydrogen) atoms. The molecule has 0 radical (unpaired) electrons. The molecular weight excluding hydrogens is 390 g/mol. The Bertz CT molecular complexity index is 1140. The Hall–Kier alpha value is -3.20. The van der Waals surface area contributed by atoms with Gasteiger partial charge in [-0.05, 0) is 43.3 Å². The quantitative estimate of drug-likeness (QED) is 0.472. The summed E-state index contributed by atoms with van der Waals surface area (Å²) < 4.78 is 34.7. The first-order valence-electron chi connectivity index (χ1n) is 9.71. The van der Waals surface area contributed by atoms with Crippen LogP contribution in [0.25, 0.3) is 28.2 Å². The number of hydrogen-bond donors (Lipinski definition) is 1. The highest BCUT2D eigenvalue weighted by atomic mass is 19.3. The zero-order valence-corrected chi connectivity index (χ0v) is 16.8. The van der Waals surface area contributed by atoms with Crippen molar-refractivity contribution in [2.24, 2.45) is 0 Å². The number of nitrogens with one attached hydrogen (secondary N) is 1. The number of aryl methyl sites for hydroxylation is 2. The molecule has 1 N–H and O–H groups in total. The number of halogens is 2. The van der Waals surface area contributed by atoms with Gasteiger partial charge in [-0.15, -0.1) is 0 Å². The van der Waals surface area contributed by atoms with Gasteiger partial charge >= 0.3 is 0 Å². The van der Waals surface area contributed by atoms with Crippen molar-refractivity contribution in [1.82, 2.24) is 30.0 Å². The summed E-state index contributed by atoms with van der Waals surface area (Å²) in [5, 5.41) is 7.52. The van der Waals surface area contributed by atoms with E-state index in [2.05, 4.69) is 25.4 Å². The van der Waals surface area contributed by atoms with Crippen LogP contribution in [0.1, 0.15) is 24.3 Å². The molecular formula is C21H22F2N6O. The Morgan fingerprint density at radius 2 is 2.00 bits per heavy atom. The third-order valence-electron chi connectivity index (χ3n) is 4.89. The van der Waals surface area contributed by atoms with Gasteiger partial charge < -0.3 is 9.84 Å². The molecule has 0 aliphatic carbocycles. The van der Waals surface area contributed by atoms with E-state index in [4.69, 9.17) is 4.52 Å². The lowest BCUT2D eigenvalue weighted by atomic mass is 10.0. The van der Waals surface area contributed by atoms with E-state index in [9.17, 15) is 8.78 Å². The third kappa shape index (κ3) is 4.35. The Morgan fingerprint density at radius 3 is 2.70 bits per heavy atom. The molecule has 7 nitrogen and oxygen atoms in total. The van der Waals surface area contributed by atoms with Gasteiger partial charge in [-0.1, -0.05) is 5.16 Å². The molecule has 0 aromatic carbocycles. The van der Waals surface area contributed by atoms with Crippen LogP contribution >= 0.6 is 0 Å². The molecule has 156 valence electrons. The van der Waals surface area contributed by atoms with Gasteiger partial charge in [0.25, 0.3) is 0 Å². The van der Waals surface area contributed by atoms with Crippen molar-refractivity contribution in [3.63, 3.8) is 0 Å². The normalized spacial score (nSPS) is 12.0. The Morgan fingerprint density at radius 1 is 1.13 bits per heavy atom. The number of rotatable bonds is 8. The zero-order valence-electron chi connectivity index (χ0n) is 16.8. The maximum absolute atomic E-state index is 13.9. The summed E-state index contributed by atoms with van der Waals surface area (Å²) in [7, 11) is 1.67. The molecule has 9 heteroatoms. The summed E-state index contributed by atoms with van der Waals surface area (Å²) in [6, 6.07) is 7.54. The van der Waals surface area contributed by atoms with Gasteiger partial charge in [0.1, 0.15) is 11.3 Å². The first kappa shape index (κ1) is 20.1. The number of alkyl halides is 2. The van der Waals surface area contributed by atoms with Gasteiger partial charge in [0, 0.05) is 44.1 Å². The van der Waals surface area contributed by atoms with E-state index < -0.39 is 5.92 Å². The molecule has 0 unspecified atom stereocenters. The molecule has 0 aliphatic rings. The van der Waals surface area contributed by atoms with Crippen LogP contribution in [-0.4, -0.2) is 44.2 Å². The lowest BCUT2D eigenvalue weighted by Gasteiger charge is -2.15. The smallest absolute Gasteiger partial charge is 0.249 e. The van der Waals surface area contributed by atoms with Crippen LogP contribution in [0.3, 0.4) is 0 Å². The van der Waals surface area contributed by atoms with Crippen LogP contribution in [0, 0.1) is 6.92 Å². The largest absolute Gasteiger partial charge is 0.339 e. The first-order valence-corrected chi connectivity index (χ1v) is 9.71. The monoisotopic (exact) mass is 412 g/mol. The number of nitrogens with zero attached hydrogens (tertiary/aromatic N) is 5. The topological polar surface area (TPSA) is 81.7 Å². The molecule has 0 aliphatic heterocycles. The van der Waals surface area contributed by atoms with E-state index in [1.807, 2.05) is 35.0 Å². The second-order valence-electron chi connectivity index (χ2n) is 7.19. The Balaban J connectivity index is 1.51. The van der Waals surface area contributed by atoms with Crippen molar-refractivity contribution < 1.29 is 13.3 Å². The molecule has 0 saturated heterocycles. The Labute approximate surface area is 172 Å². The predicted octanol–water partition coefficient (Wildman–Crippen LogP) is 3.96. The van der Waals surface area contributed by atoms with E-state index in [0.717, 1.165) is 22.3 Å². The number of aromatic nitrogens is 5. The fourth-order valence-electron chi connectivity index (χ4n) is 3.24. The summed E-state index contributed by atoms with van der Waals surface area (Å²) in [5.41, 5.74) is 2.98. The fourth-order valence-corrected chi connectivity index (χ4v) is 3.24. The summed E-state index contributed by atoms with van der Waals surface area (Å²) >= 11 is 0. The second kappa shape index (κ2) is 8.27. The number of hydrogen-bond acceptors (Lipinski definition) is 6. The van der Waals surface area contributed by atoms with Crippen molar-refractivity contribution in [2.45, 2.75) is 32.1 Å². The van der Waals surface area contributed by atoms with Gasteiger partial charge in [-0.3, -0.25) is 9.55 Å². The highest BCUT2D eigenvalue weighted by Crippen LogP contribution is 2.26. The third-order valence-corrected chi connectivity index (χ3v) is 4.89. The van der Waals surface area contributed by atoms with E-state index >= 15 is 0 Å². The van der Waals surface area contributed by atoms with Crippen molar-refractivity contribution >= 4 is 11.0 Å². The van der Waals surface area contributed by atoms with Crippen molar-refractivity contribution in [3.05, 3.63) is 54.3 Å². The molecule has 4 rings (SSSR count). The summed E-state index contributed by atoms with van der Waals surface area (Å²) in [4.78, 5) is 13.1. The van der Waals surface area contributed by atoms with Crippen molar-refractivity contribution in [1.29, 1.82) is 0 Å². The van der Waals surface area contributed by atoms with Crippen LogP contribution in [0.15, 0.2) is 47.4 Å². The number of fused-ring (bicyclic) bond motifs is 1. The van der Waals surface area contributed by atoms with Crippen molar-refractivity contribution in [2.75, 3.05) is 13.6 Å². The molecule has 4 aromatic heterocycles. The molecule has 0 bridgehead atoms. The van der Waals surface area contributed by atoms with Crippen LogP contribution < -0.4 is 5.32 Å². The highest BCUT2D eigenvalue weighted by molar-refractivity contribution is 5.78. The molecule has 0 spiro atoms. The number of pyridine rings is 2. The first-order chi connectivity index (χ1) is 14.4. The summed E-state index contributed by atoms with van der Waals surface area (Å²) in [6.07, 6.45) is 5.18. The van der Waals surface area contributed by atoms with E-state index in [-0.39, 0.29) is 19.3 Å². The van der Waals surface area contributed by atoms with Gasteiger partial charge in [0.2, 0.25) is 17.6 Å². The van der Waals surface area contributed by atoms with E-state index in [0.29, 0.717) is 24.0 Å². The molecule has 0 saturated carbocycles. The molecule has 4 heterocycles. The molecule has 4 aromatic rings. The maximum Gasteiger partial charge on any atom is 0.249 e. The minimum Gasteiger partial charge on any atom is -0.339 e. The lowest BCUT2D eigenvalue weighted by molar-refractivity contribution is -0.0148. The van der Waals surface area contributed by atoms with Gasteiger partial charge in [-0.25, -0.2) is 13.8 Å². The van der Waals surface area contributed by atoms with Crippen LogP contribution in [-0.2, 0) is 6.42 Å². The standard InChI is InChI=1S/C21H22F2N6O/c1-14-27-19(28-30-14)18-4-3-17(13-25-18)29-10-6-16-11-15(12-26-20(16)29)5-7-21(22,23)8-9-24-2/h3-4,6,10-13,24H,5,7-9H2,1-2H3. The summed E-state index contributed by atoms with van der Waals surface area (Å²) in [5.74, 6) is -1.77. The van der Waals surface area contributed by atoms with E-state index in [1.165, 1.54) is 0 Å². The SMILES string of the molecule is CNCCC(F)(F)CCc1cnc2c(ccn2-c2ccc(-c3noc(C)n3)nc2)c1. The van der Waals surface area contributed by atoms with Gasteiger partial charge in [0.05, 0.1) is 11.9 Å². The Kier molecular flexibility index (Phi) is 5.54. The average molecular weight is 412 g/mol. The minimum atomic E-state index is -2.69. The molecule has 0 fully saturated rings. The van der Waals surface area contributed by atoms with Crippen LogP contribution in [0.5, 0.6) is 0 Å². The van der Waals surface area contributed by atoms with Crippen LogP contribution in [0.2, 0.25) is 0 Å². The molecule has 0 amide bonds. The zero-order chi connectivity index (χ0) is 21.1. The lowest BCUT2D eigenvalue weighted by Crippen LogP contribution is -2.23. The maximum atomic E-state index is 13.9. The average Bonchev–Trinajstić information content (AvgIpc) is 3.37. The van der Waals surface area contributed by atoms with Crippen molar-refractivity contribution in [3.8, 4) is 17.2 Å². The predicted molar refractivity (Wildman–Crippen MR) is 109 cm³/mol. The minimum absolute atomic E-state index is 0.165. The summed E-state index contributed by atoms with van der Waals surface area (Å²) in [6.45, 7) is 2.02.